The third-order valence-corrected chi connectivity index (χ3v) is 5.26. The van der Waals surface area contributed by atoms with E-state index in [2.05, 4.69) is 4.98 Å². The predicted octanol–water partition coefficient (Wildman–Crippen LogP) is 3.80. The Morgan fingerprint density at radius 3 is 2.77 bits per heavy atom. The topological polar surface area (TPSA) is 51.7 Å². The maximum Gasteiger partial charge on any atom is 0.227 e. The van der Waals surface area contributed by atoms with Gasteiger partial charge in [0, 0.05) is 23.8 Å². The molecule has 1 saturated heterocycles. The van der Waals surface area contributed by atoms with E-state index in [1.165, 1.54) is 0 Å². The minimum atomic E-state index is 0.0356. The van der Waals surface area contributed by atoms with Gasteiger partial charge < -0.3 is 14.4 Å². The van der Waals surface area contributed by atoms with E-state index in [1.807, 2.05) is 29.2 Å². The number of hydrogen-bond acceptors (Lipinski definition) is 4. The van der Waals surface area contributed by atoms with Crippen molar-refractivity contribution < 1.29 is 14.3 Å². The molecule has 6 heteroatoms. The number of piperidine rings is 1. The molecule has 1 aromatic heterocycles. The third-order valence-electron chi connectivity index (χ3n) is 4.91. The summed E-state index contributed by atoms with van der Waals surface area (Å²) in [5, 5.41) is 0.536. The van der Waals surface area contributed by atoms with Crippen LogP contribution in [0.4, 0.5) is 0 Å². The molecule has 0 radical (unpaired) electrons. The summed E-state index contributed by atoms with van der Waals surface area (Å²) in [6.45, 7) is 1.78. The molecule has 1 aromatic carbocycles. The van der Waals surface area contributed by atoms with Gasteiger partial charge in [-0.1, -0.05) is 17.7 Å². The van der Waals surface area contributed by atoms with E-state index in [0.29, 0.717) is 29.7 Å². The molecule has 1 atom stereocenters. The van der Waals surface area contributed by atoms with Crippen molar-refractivity contribution in [1.82, 2.24) is 9.88 Å². The number of carbonyl (C=O) groups excluding carboxylic acids is 1. The van der Waals surface area contributed by atoms with Crippen molar-refractivity contribution in [2.75, 3.05) is 19.8 Å². The number of halogens is 1. The summed E-state index contributed by atoms with van der Waals surface area (Å²) in [5.74, 6) is 1.36. The maximum absolute atomic E-state index is 13.0. The number of carbonyl (C=O) groups is 1. The van der Waals surface area contributed by atoms with Crippen LogP contribution in [0.15, 0.2) is 36.5 Å². The smallest absolute Gasteiger partial charge is 0.227 e. The lowest BCUT2D eigenvalue weighted by molar-refractivity contribution is -0.134. The molecule has 0 bridgehead atoms. The van der Waals surface area contributed by atoms with E-state index in [4.69, 9.17) is 21.1 Å². The zero-order valence-corrected chi connectivity index (χ0v) is 15.2. The molecule has 1 fully saturated rings. The van der Waals surface area contributed by atoms with Gasteiger partial charge in [0.2, 0.25) is 5.91 Å². The number of amides is 1. The first-order valence-corrected chi connectivity index (χ1v) is 9.38. The standard InChI is InChI=1S/C20H21ClN2O3/c21-15-13-19-18(25-9-10-26-19)11-14(15)12-20(24)23-8-4-2-6-17(23)16-5-1-3-7-22-16/h1,3,5,7,11,13,17H,2,4,6,8-10,12H2/t17-/m1/s1. The van der Waals surface area contributed by atoms with Crippen LogP contribution in [0, 0.1) is 0 Å². The zero-order chi connectivity index (χ0) is 17.9. The number of likely N-dealkylation sites (tertiary alicyclic amines) is 1. The molecule has 0 spiro atoms. The summed E-state index contributed by atoms with van der Waals surface area (Å²) >= 11 is 6.38. The van der Waals surface area contributed by atoms with Gasteiger partial charge in [0.1, 0.15) is 13.2 Å². The van der Waals surface area contributed by atoms with Crippen LogP contribution in [0.2, 0.25) is 5.02 Å². The molecule has 0 unspecified atom stereocenters. The molecule has 4 rings (SSSR count). The lowest BCUT2D eigenvalue weighted by atomic mass is 9.97. The van der Waals surface area contributed by atoms with Crippen molar-refractivity contribution in [2.45, 2.75) is 31.7 Å². The number of hydrogen-bond donors (Lipinski definition) is 0. The summed E-state index contributed by atoms with van der Waals surface area (Å²) in [6, 6.07) is 9.46. The van der Waals surface area contributed by atoms with Gasteiger partial charge >= 0.3 is 0 Å². The summed E-state index contributed by atoms with van der Waals surface area (Å²) in [7, 11) is 0. The molecule has 0 N–H and O–H groups in total. The Kier molecular flexibility index (Phi) is 4.98. The van der Waals surface area contributed by atoms with E-state index in [9.17, 15) is 4.79 Å². The van der Waals surface area contributed by atoms with Crippen molar-refractivity contribution in [3.63, 3.8) is 0 Å². The fourth-order valence-corrected chi connectivity index (χ4v) is 3.84. The molecular formula is C20H21ClN2O3. The fourth-order valence-electron chi connectivity index (χ4n) is 3.62. The lowest BCUT2D eigenvalue weighted by Crippen LogP contribution is -2.39. The molecule has 2 aromatic rings. The number of nitrogens with zero attached hydrogens (tertiary/aromatic N) is 2. The van der Waals surface area contributed by atoms with Gasteiger partial charge in [-0.25, -0.2) is 0 Å². The minimum absolute atomic E-state index is 0.0356. The van der Waals surface area contributed by atoms with Gasteiger partial charge in [0.25, 0.3) is 0 Å². The molecular weight excluding hydrogens is 352 g/mol. The van der Waals surface area contributed by atoms with Crippen molar-refractivity contribution in [3.05, 3.63) is 52.8 Å². The Morgan fingerprint density at radius 2 is 2.00 bits per heavy atom. The monoisotopic (exact) mass is 372 g/mol. The molecule has 0 saturated carbocycles. The van der Waals surface area contributed by atoms with Crippen LogP contribution in [0.25, 0.3) is 0 Å². The highest BCUT2D eigenvalue weighted by molar-refractivity contribution is 6.31. The first-order chi connectivity index (χ1) is 12.7. The van der Waals surface area contributed by atoms with Gasteiger partial charge in [-0.15, -0.1) is 0 Å². The minimum Gasteiger partial charge on any atom is -0.486 e. The number of benzene rings is 1. The molecule has 0 aliphatic carbocycles. The number of fused-ring (bicyclic) bond motifs is 1. The highest BCUT2D eigenvalue weighted by Crippen LogP contribution is 2.36. The molecule has 2 aliphatic heterocycles. The Morgan fingerprint density at radius 1 is 1.19 bits per heavy atom. The van der Waals surface area contributed by atoms with Gasteiger partial charge in [0.15, 0.2) is 11.5 Å². The zero-order valence-electron chi connectivity index (χ0n) is 14.5. The van der Waals surface area contributed by atoms with E-state index in [1.54, 1.807) is 12.3 Å². The summed E-state index contributed by atoms with van der Waals surface area (Å²) in [4.78, 5) is 19.4. The molecule has 26 heavy (non-hydrogen) atoms. The van der Waals surface area contributed by atoms with Crippen molar-refractivity contribution in [3.8, 4) is 11.5 Å². The van der Waals surface area contributed by atoms with Crippen molar-refractivity contribution >= 4 is 17.5 Å². The number of rotatable bonds is 3. The van der Waals surface area contributed by atoms with Crippen molar-refractivity contribution in [2.24, 2.45) is 0 Å². The van der Waals surface area contributed by atoms with Gasteiger partial charge in [-0.2, -0.15) is 0 Å². The Bertz CT molecular complexity index is 797. The summed E-state index contributed by atoms with van der Waals surface area (Å²) in [6.07, 6.45) is 5.10. The van der Waals surface area contributed by atoms with Crippen LogP contribution in [0.3, 0.4) is 0 Å². The van der Waals surface area contributed by atoms with E-state index >= 15 is 0 Å². The Hall–Kier alpha value is -2.27. The van der Waals surface area contributed by atoms with Crippen molar-refractivity contribution in [1.29, 1.82) is 0 Å². The highest BCUT2D eigenvalue weighted by atomic mass is 35.5. The largest absolute Gasteiger partial charge is 0.486 e. The van der Waals surface area contributed by atoms with Gasteiger partial charge in [-0.3, -0.25) is 9.78 Å². The maximum atomic E-state index is 13.0. The first kappa shape index (κ1) is 17.2. The molecule has 3 heterocycles. The van der Waals surface area contributed by atoms with Crippen LogP contribution in [-0.2, 0) is 11.2 Å². The van der Waals surface area contributed by atoms with E-state index in [-0.39, 0.29) is 18.4 Å². The van der Waals surface area contributed by atoms with Crippen LogP contribution in [0.5, 0.6) is 11.5 Å². The second-order valence-corrected chi connectivity index (χ2v) is 7.02. The summed E-state index contributed by atoms with van der Waals surface area (Å²) in [5.41, 5.74) is 1.72. The highest BCUT2D eigenvalue weighted by Gasteiger charge is 2.29. The molecule has 2 aliphatic rings. The average molecular weight is 373 g/mol. The lowest BCUT2D eigenvalue weighted by Gasteiger charge is -2.35. The quantitative estimate of drug-likeness (QED) is 0.822. The van der Waals surface area contributed by atoms with Crippen LogP contribution in [-0.4, -0.2) is 35.5 Å². The van der Waals surface area contributed by atoms with E-state index in [0.717, 1.165) is 37.1 Å². The fraction of sp³-hybridized carbons (Fsp3) is 0.400. The summed E-state index contributed by atoms with van der Waals surface area (Å²) < 4.78 is 11.2. The van der Waals surface area contributed by atoms with Crippen LogP contribution >= 0.6 is 11.6 Å². The van der Waals surface area contributed by atoms with Gasteiger partial charge in [0.05, 0.1) is 18.2 Å². The first-order valence-electron chi connectivity index (χ1n) is 9.01. The second-order valence-electron chi connectivity index (χ2n) is 6.62. The Balaban J connectivity index is 1.55. The average Bonchev–Trinajstić information content (AvgIpc) is 2.69. The Labute approximate surface area is 157 Å². The molecule has 1 amide bonds. The third kappa shape index (κ3) is 3.49. The molecule has 5 nitrogen and oxygen atoms in total. The number of ether oxygens (including phenoxy) is 2. The number of aromatic nitrogens is 1. The number of pyridine rings is 1. The second kappa shape index (κ2) is 7.54. The van der Waals surface area contributed by atoms with Crippen LogP contribution < -0.4 is 9.47 Å². The predicted molar refractivity (Wildman–Crippen MR) is 98.7 cm³/mol. The molecule has 136 valence electrons. The van der Waals surface area contributed by atoms with E-state index < -0.39 is 0 Å². The SMILES string of the molecule is O=C(Cc1cc2c(cc1Cl)OCCO2)N1CCCC[C@@H]1c1ccccn1. The van der Waals surface area contributed by atoms with Crippen LogP contribution in [0.1, 0.15) is 36.6 Å². The normalized spacial score (nSPS) is 19.3. The van der Waals surface area contributed by atoms with Gasteiger partial charge in [-0.05, 0) is 43.0 Å².